The normalized spacial score (nSPS) is 12.3. The molecular weight excluding hydrogens is 494 g/mol. The number of carbonyl (C=O) groups is 1. The highest BCUT2D eigenvalue weighted by Crippen LogP contribution is 2.31. The first-order valence-corrected chi connectivity index (χ1v) is 16.3. The van der Waals surface area contributed by atoms with Gasteiger partial charge in [0.25, 0.3) is 5.56 Å². The van der Waals surface area contributed by atoms with Gasteiger partial charge in [-0.25, -0.2) is 14.3 Å². The third-order valence-electron chi connectivity index (χ3n) is 6.20. The molecule has 36 heavy (non-hydrogen) atoms. The molecule has 1 amide bonds. The summed E-state index contributed by atoms with van der Waals surface area (Å²) in [6.07, 6.45) is 3.59. The minimum atomic E-state index is -1.15. The van der Waals surface area contributed by atoms with Gasteiger partial charge in [0.1, 0.15) is 17.3 Å². The number of nitrogens with zero attached hydrogens (tertiary/aromatic N) is 6. The van der Waals surface area contributed by atoms with Crippen molar-refractivity contribution in [1.82, 2.24) is 29.1 Å². The number of rotatable bonds is 9. The van der Waals surface area contributed by atoms with Gasteiger partial charge in [-0.3, -0.25) is 9.59 Å². The van der Waals surface area contributed by atoms with Crippen LogP contribution in [0.25, 0.3) is 32.2 Å². The maximum absolute atomic E-state index is 13.4. The van der Waals surface area contributed by atoms with E-state index in [1.807, 2.05) is 29.1 Å². The van der Waals surface area contributed by atoms with Gasteiger partial charge in [-0.15, -0.1) is 11.3 Å². The van der Waals surface area contributed by atoms with E-state index in [4.69, 9.17) is 10.5 Å². The van der Waals surface area contributed by atoms with Crippen molar-refractivity contribution in [2.75, 3.05) is 6.61 Å². The third-order valence-corrected chi connectivity index (χ3v) is 8.98. The molecule has 0 fully saturated rings. The van der Waals surface area contributed by atoms with Crippen molar-refractivity contribution in [3.8, 4) is 0 Å². The lowest BCUT2D eigenvalue weighted by atomic mass is 10.1. The molecule has 12 heteroatoms. The molecular formula is C24H29N7O3SSi. The zero-order valence-corrected chi connectivity index (χ0v) is 22.6. The van der Waals surface area contributed by atoms with Gasteiger partial charge in [0, 0.05) is 32.5 Å². The van der Waals surface area contributed by atoms with Crippen LogP contribution in [0.2, 0.25) is 25.7 Å². The summed E-state index contributed by atoms with van der Waals surface area (Å²) in [7, 11) is 0.655. The molecule has 0 aliphatic heterocycles. The molecule has 4 aromatic heterocycles. The van der Waals surface area contributed by atoms with Gasteiger partial charge in [-0.05, 0) is 17.7 Å². The van der Waals surface area contributed by atoms with Crippen LogP contribution in [0.5, 0.6) is 0 Å². The molecule has 0 saturated carbocycles. The van der Waals surface area contributed by atoms with Crippen molar-refractivity contribution in [2.45, 2.75) is 45.4 Å². The zero-order valence-electron chi connectivity index (χ0n) is 20.8. The summed E-state index contributed by atoms with van der Waals surface area (Å²) in [5.74, 6) is -0.436. The molecule has 0 aliphatic carbocycles. The number of aromatic nitrogens is 6. The number of amides is 1. The number of nitrogens with two attached hydrogens (primary N) is 1. The van der Waals surface area contributed by atoms with E-state index in [-0.39, 0.29) is 12.0 Å². The number of primary amides is 1. The highest BCUT2D eigenvalue weighted by molar-refractivity contribution is 7.19. The van der Waals surface area contributed by atoms with E-state index in [1.54, 1.807) is 17.8 Å². The lowest BCUT2D eigenvalue weighted by Gasteiger charge is -2.15. The van der Waals surface area contributed by atoms with E-state index in [9.17, 15) is 9.59 Å². The second-order valence-electron chi connectivity index (χ2n) is 10.2. The molecule has 0 spiro atoms. The standard InChI is InChI=1S/C24H29N7O3SSi/c1-29-21-17(22-23(29)28-20(35-22)10-19(25)32)12-26-30(24(21)33)13-15-6-5-7-18-16(15)11-27-31(18)14-34-8-9-36(2,3)4/h5-7,11-12H,8-10,13-14H2,1-4H3,(H2,25,32). The van der Waals surface area contributed by atoms with Crippen LogP contribution in [-0.2, 0) is 36.3 Å². The Morgan fingerprint density at radius 2 is 1.89 bits per heavy atom. The van der Waals surface area contributed by atoms with Gasteiger partial charge in [0.05, 0.1) is 35.6 Å². The van der Waals surface area contributed by atoms with Crippen molar-refractivity contribution in [1.29, 1.82) is 0 Å². The van der Waals surface area contributed by atoms with Crippen LogP contribution in [0.4, 0.5) is 0 Å². The molecule has 5 rings (SSSR count). The van der Waals surface area contributed by atoms with Crippen LogP contribution in [0.15, 0.2) is 35.4 Å². The van der Waals surface area contributed by atoms with E-state index >= 15 is 0 Å². The summed E-state index contributed by atoms with van der Waals surface area (Å²) >= 11 is 1.37. The smallest absolute Gasteiger partial charge is 0.291 e. The van der Waals surface area contributed by atoms with Gasteiger partial charge in [-0.2, -0.15) is 10.2 Å². The molecule has 5 aromatic rings. The molecule has 0 bridgehead atoms. The van der Waals surface area contributed by atoms with Gasteiger partial charge in [-0.1, -0.05) is 31.8 Å². The molecule has 188 valence electrons. The Hall–Kier alpha value is -3.35. The van der Waals surface area contributed by atoms with Crippen LogP contribution in [0.3, 0.4) is 0 Å². The van der Waals surface area contributed by atoms with Crippen molar-refractivity contribution >= 4 is 57.5 Å². The summed E-state index contributed by atoms with van der Waals surface area (Å²) in [4.78, 5) is 29.2. The summed E-state index contributed by atoms with van der Waals surface area (Å²) in [6, 6.07) is 7.06. The fourth-order valence-electron chi connectivity index (χ4n) is 4.26. The molecule has 0 atom stereocenters. The molecule has 0 saturated heterocycles. The molecule has 10 nitrogen and oxygen atoms in total. The van der Waals surface area contributed by atoms with E-state index in [2.05, 4.69) is 34.8 Å². The Kier molecular flexibility index (Phi) is 6.26. The van der Waals surface area contributed by atoms with Gasteiger partial charge in [0.15, 0.2) is 5.65 Å². The fourth-order valence-corrected chi connectivity index (χ4v) is 6.14. The highest BCUT2D eigenvalue weighted by Gasteiger charge is 2.19. The zero-order chi connectivity index (χ0) is 25.6. The second kappa shape index (κ2) is 9.26. The number of fused-ring (bicyclic) bond motifs is 4. The quantitative estimate of drug-likeness (QED) is 0.234. The Balaban J connectivity index is 1.43. The second-order valence-corrected chi connectivity index (χ2v) is 16.9. The predicted molar refractivity (Wildman–Crippen MR) is 144 cm³/mol. The summed E-state index contributed by atoms with van der Waals surface area (Å²) in [6.45, 7) is 8.42. The van der Waals surface area contributed by atoms with Gasteiger partial charge < -0.3 is 15.0 Å². The van der Waals surface area contributed by atoms with E-state index < -0.39 is 14.0 Å². The van der Waals surface area contributed by atoms with Gasteiger partial charge >= 0.3 is 0 Å². The Morgan fingerprint density at radius 3 is 2.64 bits per heavy atom. The summed E-state index contributed by atoms with van der Waals surface area (Å²) in [5, 5.41) is 11.3. The topological polar surface area (TPSA) is 123 Å². The molecule has 2 N–H and O–H groups in total. The third kappa shape index (κ3) is 4.59. The average molecular weight is 524 g/mol. The number of thiazole rings is 1. The molecule has 0 radical (unpaired) electrons. The first kappa shape index (κ1) is 24.3. The lowest BCUT2D eigenvalue weighted by molar-refractivity contribution is -0.117. The van der Waals surface area contributed by atoms with Crippen molar-refractivity contribution in [3.05, 3.63) is 51.5 Å². The number of hydrogen-bond acceptors (Lipinski definition) is 7. The van der Waals surface area contributed by atoms with Crippen LogP contribution in [0, 0.1) is 0 Å². The number of ether oxygens (including phenoxy) is 1. The molecule has 1 aromatic carbocycles. The van der Waals surface area contributed by atoms with E-state index in [1.165, 1.54) is 16.0 Å². The number of hydrogen-bond donors (Lipinski definition) is 1. The first-order valence-electron chi connectivity index (χ1n) is 11.8. The molecule has 4 heterocycles. The Labute approximate surface area is 212 Å². The largest absolute Gasteiger partial charge is 0.369 e. The lowest BCUT2D eigenvalue weighted by Crippen LogP contribution is -2.24. The van der Waals surface area contributed by atoms with Crippen LogP contribution in [0.1, 0.15) is 10.6 Å². The number of carbonyl (C=O) groups excluding carboxylic acids is 1. The van der Waals surface area contributed by atoms with Crippen LogP contribution < -0.4 is 11.3 Å². The SMILES string of the molecule is Cn1c2nc(CC(N)=O)sc2c2cnn(Cc3cccc4c3cnn4COCC[Si](C)(C)C)c(=O)c21. The predicted octanol–water partition coefficient (Wildman–Crippen LogP) is 3.08. The van der Waals surface area contributed by atoms with E-state index in [0.29, 0.717) is 29.4 Å². The maximum atomic E-state index is 13.4. The van der Waals surface area contributed by atoms with Crippen molar-refractivity contribution < 1.29 is 9.53 Å². The summed E-state index contributed by atoms with van der Waals surface area (Å²) < 4.78 is 11.8. The average Bonchev–Trinajstić information content (AvgIpc) is 3.47. The maximum Gasteiger partial charge on any atom is 0.291 e. The fraction of sp³-hybridized carbons (Fsp3) is 0.375. The first-order chi connectivity index (χ1) is 17.1. The summed E-state index contributed by atoms with van der Waals surface area (Å²) in [5.41, 5.74) is 8.21. The van der Waals surface area contributed by atoms with E-state index in [0.717, 1.165) is 39.2 Å². The molecule has 0 unspecified atom stereocenters. The number of benzene rings is 1. The Bertz CT molecular complexity index is 1660. The molecule has 0 aliphatic rings. The van der Waals surface area contributed by atoms with Crippen molar-refractivity contribution in [2.24, 2.45) is 12.8 Å². The monoisotopic (exact) mass is 523 g/mol. The highest BCUT2D eigenvalue weighted by atomic mass is 32.1. The minimum Gasteiger partial charge on any atom is -0.369 e. The Morgan fingerprint density at radius 1 is 1.14 bits per heavy atom. The minimum absolute atomic E-state index is 0.0758. The van der Waals surface area contributed by atoms with Crippen molar-refractivity contribution in [3.63, 3.8) is 0 Å². The van der Waals surface area contributed by atoms with Gasteiger partial charge in [0.2, 0.25) is 5.91 Å². The van der Waals surface area contributed by atoms with Crippen LogP contribution >= 0.6 is 11.3 Å². The van der Waals surface area contributed by atoms with Crippen LogP contribution in [-0.4, -0.2) is 49.7 Å². The number of aryl methyl sites for hydroxylation is 1.